The van der Waals surface area contributed by atoms with Gasteiger partial charge in [-0.05, 0) is 51.5 Å². The van der Waals surface area contributed by atoms with E-state index in [4.69, 9.17) is 0 Å². The molecule has 2 aromatic rings. The Bertz CT molecular complexity index is 823. The van der Waals surface area contributed by atoms with Gasteiger partial charge in [0.15, 0.2) is 0 Å². The molecule has 0 aliphatic carbocycles. The minimum Gasteiger partial charge on any atom is -0.341 e. The monoisotopic (exact) mass is 370 g/mol. The van der Waals surface area contributed by atoms with Crippen molar-refractivity contribution >= 4 is 11.6 Å². The smallest absolute Gasteiger partial charge is 0.312 e. The third kappa shape index (κ3) is 4.02. The van der Waals surface area contributed by atoms with Crippen LogP contribution in [-0.4, -0.2) is 38.6 Å². The van der Waals surface area contributed by atoms with Crippen molar-refractivity contribution in [2.75, 3.05) is 13.1 Å². The highest BCUT2D eigenvalue weighted by Gasteiger charge is 2.31. The van der Waals surface area contributed by atoms with E-state index in [0.717, 1.165) is 32.4 Å². The summed E-state index contributed by atoms with van der Waals surface area (Å²) in [6.07, 6.45) is 3.00. The van der Waals surface area contributed by atoms with Crippen molar-refractivity contribution in [1.82, 2.24) is 14.7 Å². The topological polar surface area (TPSA) is 81.3 Å². The first-order chi connectivity index (χ1) is 12.9. The summed E-state index contributed by atoms with van der Waals surface area (Å²) in [6, 6.07) is 9.90. The van der Waals surface area contributed by atoms with Crippen LogP contribution in [0.15, 0.2) is 30.3 Å². The number of aryl methyl sites for hydroxylation is 1. The van der Waals surface area contributed by atoms with E-state index in [1.54, 1.807) is 20.8 Å². The fourth-order valence-electron chi connectivity index (χ4n) is 3.97. The molecule has 0 radical (unpaired) electrons. The molecule has 1 aliphatic rings. The molecular formula is C20H26N4O3. The summed E-state index contributed by atoms with van der Waals surface area (Å²) in [7, 11) is 0. The third-order valence-corrected chi connectivity index (χ3v) is 5.49. The quantitative estimate of drug-likeness (QED) is 0.596. The maximum absolute atomic E-state index is 12.9. The summed E-state index contributed by atoms with van der Waals surface area (Å²) < 4.78 is 1.49. The number of rotatable bonds is 5. The van der Waals surface area contributed by atoms with E-state index < -0.39 is 11.0 Å². The largest absolute Gasteiger partial charge is 0.341 e. The minimum absolute atomic E-state index is 0.00350. The van der Waals surface area contributed by atoms with Gasteiger partial charge >= 0.3 is 5.69 Å². The molecule has 0 N–H and O–H groups in total. The lowest BCUT2D eigenvalue weighted by molar-refractivity contribution is -0.386. The van der Waals surface area contributed by atoms with Crippen molar-refractivity contribution in [3.63, 3.8) is 0 Å². The predicted octanol–water partition coefficient (Wildman–Crippen LogP) is 3.45. The van der Waals surface area contributed by atoms with Crippen molar-refractivity contribution in [3.05, 3.63) is 57.4 Å². The molecule has 1 saturated heterocycles. The van der Waals surface area contributed by atoms with Crippen LogP contribution in [-0.2, 0) is 11.2 Å². The third-order valence-electron chi connectivity index (χ3n) is 5.49. The number of amides is 1. The number of piperidine rings is 1. The number of aromatic nitrogens is 2. The lowest BCUT2D eigenvalue weighted by Crippen LogP contribution is -2.42. The molecule has 144 valence electrons. The second kappa shape index (κ2) is 7.90. The van der Waals surface area contributed by atoms with E-state index in [-0.39, 0.29) is 11.6 Å². The van der Waals surface area contributed by atoms with Crippen LogP contribution in [0.5, 0.6) is 0 Å². The van der Waals surface area contributed by atoms with E-state index in [0.29, 0.717) is 17.3 Å². The molecular weight excluding hydrogens is 344 g/mol. The lowest BCUT2D eigenvalue weighted by Gasteiger charge is -2.33. The van der Waals surface area contributed by atoms with E-state index in [9.17, 15) is 14.9 Å². The molecule has 1 aromatic carbocycles. The minimum atomic E-state index is -0.539. The Morgan fingerprint density at radius 1 is 1.26 bits per heavy atom. The molecule has 7 nitrogen and oxygen atoms in total. The number of nitro groups is 1. The Kier molecular flexibility index (Phi) is 5.58. The van der Waals surface area contributed by atoms with Gasteiger partial charge in [0.1, 0.15) is 17.4 Å². The van der Waals surface area contributed by atoms with Crippen molar-refractivity contribution in [2.24, 2.45) is 5.92 Å². The number of hydrogen-bond acceptors (Lipinski definition) is 4. The standard InChI is InChI=1S/C20H26N4O3/c1-14-19(24(26)27)15(2)23(21-14)16(3)20(25)22-11-9-18(10-12-22)13-17-7-5-4-6-8-17/h4-8,16,18H,9-13H2,1-3H3/t16-/m1/s1. The maximum atomic E-state index is 12.9. The summed E-state index contributed by atoms with van der Waals surface area (Å²) in [5, 5.41) is 15.4. The van der Waals surface area contributed by atoms with Crippen molar-refractivity contribution in [2.45, 2.75) is 46.1 Å². The molecule has 1 amide bonds. The summed E-state index contributed by atoms with van der Waals surface area (Å²) in [6.45, 7) is 6.47. The average molecular weight is 370 g/mol. The first-order valence-corrected chi connectivity index (χ1v) is 9.41. The normalized spacial score (nSPS) is 16.3. The zero-order chi connectivity index (χ0) is 19.6. The number of likely N-dealkylation sites (tertiary alicyclic amines) is 1. The highest BCUT2D eigenvalue weighted by atomic mass is 16.6. The van der Waals surface area contributed by atoms with Crippen LogP contribution in [0.2, 0.25) is 0 Å². The highest BCUT2D eigenvalue weighted by molar-refractivity contribution is 5.80. The molecule has 0 saturated carbocycles. The number of hydrogen-bond donors (Lipinski definition) is 0. The van der Waals surface area contributed by atoms with E-state index in [1.165, 1.54) is 10.2 Å². The van der Waals surface area contributed by atoms with Gasteiger partial charge in [-0.2, -0.15) is 5.10 Å². The Balaban J connectivity index is 1.62. The highest BCUT2D eigenvalue weighted by Crippen LogP contribution is 2.27. The fourth-order valence-corrected chi connectivity index (χ4v) is 3.97. The zero-order valence-corrected chi connectivity index (χ0v) is 16.1. The average Bonchev–Trinajstić information content (AvgIpc) is 2.96. The van der Waals surface area contributed by atoms with Gasteiger partial charge in [0.2, 0.25) is 5.91 Å². The molecule has 27 heavy (non-hydrogen) atoms. The second-order valence-corrected chi connectivity index (χ2v) is 7.36. The lowest BCUT2D eigenvalue weighted by atomic mass is 9.90. The van der Waals surface area contributed by atoms with Gasteiger partial charge < -0.3 is 4.90 Å². The van der Waals surface area contributed by atoms with Crippen LogP contribution < -0.4 is 0 Å². The van der Waals surface area contributed by atoms with Gasteiger partial charge in [0, 0.05) is 13.1 Å². The molecule has 1 atom stereocenters. The Morgan fingerprint density at radius 3 is 2.44 bits per heavy atom. The van der Waals surface area contributed by atoms with Crippen LogP contribution in [0.1, 0.15) is 42.8 Å². The Hall–Kier alpha value is -2.70. The summed E-state index contributed by atoms with van der Waals surface area (Å²) >= 11 is 0. The molecule has 1 fully saturated rings. The number of carbonyl (C=O) groups excluding carboxylic acids is 1. The molecule has 1 aliphatic heterocycles. The molecule has 3 rings (SSSR count). The van der Waals surface area contributed by atoms with Gasteiger partial charge in [0.05, 0.1) is 4.92 Å². The Labute approximate surface area is 159 Å². The molecule has 0 spiro atoms. The van der Waals surface area contributed by atoms with Crippen LogP contribution in [0.25, 0.3) is 0 Å². The van der Waals surface area contributed by atoms with Gasteiger partial charge in [-0.3, -0.25) is 19.6 Å². The fraction of sp³-hybridized carbons (Fsp3) is 0.500. The first-order valence-electron chi connectivity index (χ1n) is 9.41. The summed E-state index contributed by atoms with van der Waals surface area (Å²) in [5.74, 6) is 0.565. The van der Waals surface area contributed by atoms with Gasteiger partial charge in [-0.1, -0.05) is 30.3 Å². The molecule has 0 bridgehead atoms. The molecule has 0 unspecified atom stereocenters. The number of benzene rings is 1. The Morgan fingerprint density at radius 2 is 1.89 bits per heavy atom. The summed E-state index contributed by atoms with van der Waals surface area (Å²) in [5.41, 5.74) is 2.11. The second-order valence-electron chi connectivity index (χ2n) is 7.36. The first kappa shape index (κ1) is 19.1. The van der Waals surface area contributed by atoms with Crippen molar-refractivity contribution < 1.29 is 9.72 Å². The SMILES string of the molecule is Cc1nn([C@H](C)C(=O)N2CCC(Cc3ccccc3)CC2)c(C)c1[N+](=O)[O-]. The van der Waals surface area contributed by atoms with E-state index >= 15 is 0 Å². The molecule has 7 heteroatoms. The van der Waals surface area contributed by atoms with Crippen molar-refractivity contribution in [1.29, 1.82) is 0 Å². The van der Waals surface area contributed by atoms with Gasteiger partial charge in [-0.25, -0.2) is 0 Å². The van der Waals surface area contributed by atoms with E-state index in [2.05, 4.69) is 29.4 Å². The van der Waals surface area contributed by atoms with E-state index in [1.807, 2.05) is 11.0 Å². The zero-order valence-electron chi connectivity index (χ0n) is 16.1. The molecule has 2 heterocycles. The number of carbonyl (C=O) groups is 1. The van der Waals surface area contributed by atoms with Crippen molar-refractivity contribution in [3.8, 4) is 0 Å². The van der Waals surface area contributed by atoms with Crippen LogP contribution >= 0.6 is 0 Å². The van der Waals surface area contributed by atoms with Gasteiger partial charge in [-0.15, -0.1) is 0 Å². The predicted molar refractivity (Wildman–Crippen MR) is 103 cm³/mol. The van der Waals surface area contributed by atoms with Gasteiger partial charge in [0.25, 0.3) is 0 Å². The summed E-state index contributed by atoms with van der Waals surface area (Å²) in [4.78, 5) is 25.5. The maximum Gasteiger partial charge on any atom is 0.312 e. The van der Waals surface area contributed by atoms with Crippen LogP contribution in [0, 0.1) is 29.9 Å². The van der Waals surface area contributed by atoms with Crippen LogP contribution in [0.4, 0.5) is 5.69 Å². The number of nitrogens with zero attached hydrogens (tertiary/aromatic N) is 4. The van der Waals surface area contributed by atoms with Crippen LogP contribution in [0.3, 0.4) is 0 Å². The molecule has 1 aromatic heterocycles.